The first-order valence-electron chi connectivity index (χ1n) is 4.58. The van der Waals surface area contributed by atoms with E-state index in [-0.39, 0.29) is 5.41 Å². The van der Waals surface area contributed by atoms with E-state index in [0.717, 1.165) is 35.9 Å². The van der Waals surface area contributed by atoms with Crippen molar-refractivity contribution in [3.63, 3.8) is 0 Å². The molecule has 0 unspecified atom stereocenters. The van der Waals surface area contributed by atoms with Crippen LogP contribution in [-0.2, 0) is 5.41 Å². The fourth-order valence-electron chi connectivity index (χ4n) is 1.61. The highest BCUT2D eigenvalue weighted by atomic mass is 16.1. The van der Waals surface area contributed by atoms with E-state index in [1.54, 1.807) is 0 Å². The molecule has 0 radical (unpaired) electrons. The molecule has 1 aliphatic rings. The Hall–Kier alpha value is -1.18. The Labute approximate surface area is 78.0 Å². The van der Waals surface area contributed by atoms with Crippen LogP contribution in [0.1, 0.15) is 41.4 Å². The van der Waals surface area contributed by atoms with Gasteiger partial charge in [-0.15, -0.1) is 0 Å². The summed E-state index contributed by atoms with van der Waals surface area (Å²) in [6.45, 7) is 4.12. The molecule has 0 N–H and O–H groups in total. The smallest absolute Gasteiger partial charge is 0.151 e. The van der Waals surface area contributed by atoms with Crippen LogP contribution in [0.3, 0.4) is 0 Å². The monoisotopic (exact) mass is 175 g/mol. The van der Waals surface area contributed by atoms with Crippen LogP contribution >= 0.6 is 0 Å². The fourth-order valence-corrected chi connectivity index (χ4v) is 1.61. The molecule has 0 saturated heterocycles. The fraction of sp³-hybridized carbons (Fsp3) is 0.455. The maximum atomic E-state index is 10.8. The summed E-state index contributed by atoms with van der Waals surface area (Å²) in [7, 11) is 0. The molecule has 13 heavy (non-hydrogen) atoms. The Bertz CT molecular complexity index is 353. The van der Waals surface area contributed by atoms with Crippen molar-refractivity contribution in [3.8, 4) is 0 Å². The van der Waals surface area contributed by atoms with Crippen LogP contribution in [0.5, 0.6) is 0 Å². The van der Waals surface area contributed by atoms with Crippen LogP contribution in [0, 0.1) is 6.92 Å². The molecule has 1 aliphatic carbocycles. The van der Waals surface area contributed by atoms with Gasteiger partial charge in [-0.3, -0.25) is 9.78 Å². The third-order valence-electron chi connectivity index (χ3n) is 2.75. The number of aryl methyl sites for hydroxylation is 1. The zero-order valence-electron chi connectivity index (χ0n) is 8.00. The van der Waals surface area contributed by atoms with Crippen molar-refractivity contribution in [2.45, 2.75) is 32.1 Å². The Morgan fingerprint density at radius 3 is 2.77 bits per heavy atom. The van der Waals surface area contributed by atoms with E-state index in [1.807, 2.05) is 19.2 Å². The van der Waals surface area contributed by atoms with E-state index in [0.29, 0.717) is 0 Å². The van der Waals surface area contributed by atoms with Gasteiger partial charge < -0.3 is 0 Å². The van der Waals surface area contributed by atoms with Crippen molar-refractivity contribution < 1.29 is 4.79 Å². The number of carbonyl (C=O) groups excluding carboxylic acids is 1. The summed E-state index contributed by atoms with van der Waals surface area (Å²) in [5.74, 6) is 0. The average molecular weight is 175 g/mol. The maximum absolute atomic E-state index is 10.8. The lowest BCUT2D eigenvalue weighted by atomic mass is 9.99. The zero-order valence-corrected chi connectivity index (χ0v) is 8.00. The van der Waals surface area contributed by atoms with Gasteiger partial charge in [-0.1, -0.05) is 6.92 Å². The van der Waals surface area contributed by atoms with Gasteiger partial charge in [0.1, 0.15) is 0 Å². The van der Waals surface area contributed by atoms with Gasteiger partial charge in [0.25, 0.3) is 0 Å². The van der Waals surface area contributed by atoms with Crippen molar-refractivity contribution >= 4 is 6.29 Å². The first kappa shape index (κ1) is 8.42. The van der Waals surface area contributed by atoms with Gasteiger partial charge in [-0.05, 0) is 31.4 Å². The SMILES string of the molecule is Cc1cnc(C2(C)CC2)c(C=O)c1. The molecule has 0 amide bonds. The van der Waals surface area contributed by atoms with Crippen LogP contribution in [0.15, 0.2) is 12.3 Å². The number of aromatic nitrogens is 1. The molecule has 2 nitrogen and oxygen atoms in total. The molecule has 0 aromatic carbocycles. The predicted molar refractivity (Wildman–Crippen MR) is 50.9 cm³/mol. The molecule has 0 atom stereocenters. The van der Waals surface area contributed by atoms with Gasteiger partial charge in [0.15, 0.2) is 6.29 Å². The number of rotatable bonds is 2. The highest BCUT2D eigenvalue weighted by Crippen LogP contribution is 2.47. The summed E-state index contributed by atoms with van der Waals surface area (Å²) in [5, 5.41) is 0. The van der Waals surface area contributed by atoms with Crippen LogP contribution in [0.4, 0.5) is 0 Å². The largest absolute Gasteiger partial charge is 0.298 e. The molecule has 0 spiro atoms. The van der Waals surface area contributed by atoms with Gasteiger partial charge in [-0.2, -0.15) is 0 Å². The quantitative estimate of drug-likeness (QED) is 0.645. The molecule has 1 aromatic heterocycles. The molecule has 2 rings (SSSR count). The third kappa shape index (κ3) is 1.37. The molecule has 68 valence electrons. The highest BCUT2D eigenvalue weighted by molar-refractivity contribution is 5.77. The molecule has 0 bridgehead atoms. The highest BCUT2D eigenvalue weighted by Gasteiger charge is 2.41. The van der Waals surface area contributed by atoms with Gasteiger partial charge in [0.05, 0.1) is 5.69 Å². The second kappa shape index (κ2) is 2.66. The van der Waals surface area contributed by atoms with Crippen LogP contribution in [0.25, 0.3) is 0 Å². The molecule has 1 saturated carbocycles. The van der Waals surface area contributed by atoms with Gasteiger partial charge >= 0.3 is 0 Å². The molecular weight excluding hydrogens is 162 g/mol. The minimum Gasteiger partial charge on any atom is -0.298 e. The Morgan fingerprint density at radius 1 is 1.54 bits per heavy atom. The summed E-state index contributed by atoms with van der Waals surface area (Å²) < 4.78 is 0. The Kier molecular flexibility index (Phi) is 1.72. The third-order valence-corrected chi connectivity index (χ3v) is 2.75. The Morgan fingerprint density at radius 2 is 2.23 bits per heavy atom. The zero-order chi connectivity index (χ0) is 9.47. The summed E-state index contributed by atoms with van der Waals surface area (Å²) in [6, 6.07) is 1.92. The summed E-state index contributed by atoms with van der Waals surface area (Å²) in [4.78, 5) is 15.2. The minimum atomic E-state index is 0.184. The second-order valence-electron chi connectivity index (χ2n) is 4.13. The summed E-state index contributed by atoms with van der Waals surface area (Å²) in [6.07, 6.45) is 5.07. The number of aldehydes is 1. The van der Waals surface area contributed by atoms with E-state index in [2.05, 4.69) is 11.9 Å². The van der Waals surface area contributed by atoms with Crippen molar-refractivity contribution in [2.75, 3.05) is 0 Å². The molecule has 1 fully saturated rings. The van der Waals surface area contributed by atoms with Crippen molar-refractivity contribution in [1.82, 2.24) is 4.98 Å². The lowest BCUT2D eigenvalue weighted by Crippen LogP contribution is -2.07. The van der Waals surface area contributed by atoms with E-state index in [4.69, 9.17) is 0 Å². The lowest BCUT2D eigenvalue weighted by Gasteiger charge is -2.10. The molecule has 0 aliphatic heterocycles. The van der Waals surface area contributed by atoms with Gasteiger partial charge in [-0.25, -0.2) is 0 Å². The molecule has 2 heteroatoms. The van der Waals surface area contributed by atoms with Crippen LogP contribution in [0.2, 0.25) is 0 Å². The molecule has 1 heterocycles. The molecule has 1 aromatic rings. The van der Waals surface area contributed by atoms with Crippen molar-refractivity contribution in [3.05, 3.63) is 29.1 Å². The topological polar surface area (TPSA) is 30.0 Å². The predicted octanol–water partition coefficient (Wildman–Crippen LogP) is 2.25. The van der Waals surface area contributed by atoms with Gasteiger partial charge in [0.2, 0.25) is 0 Å². The van der Waals surface area contributed by atoms with Crippen LogP contribution in [-0.4, -0.2) is 11.3 Å². The minimum absolute atomic E-state index is 0.184. The van der Waals surface area contributed by atoms with Crippen LogP contribution < -0.4 is 0 Å². The normalized spacial score (nSPS) is 18.3. The second-order valence-corrected chi connectivity index (χ2v) is 4.13. The number of hydrogen-bond acceptors (Lipinski definition) is 2. The van der Waals surface area contributed by atoms with Crippen molar-refractivity contribution in [1.29, 1.82) is 0 Å². The number of nitrogens with zero attached hydrogens (tertiary/aromatic N) is 1. The molecular formula is C11H13NO. The van der Waals surface area contributed by atoms with E-state index in [9.17, 15) is 4.79 Å². The van der Waals surface area contributed by atoms with E-state index >= 15 is 0 Å². The first-order chi connectivity index (χ1) is 6.15. The average Bonchev–Trinajstić information content (AvgIpc) is 2.84. The van der Waals surface area contributed by atoms with Gasteiger partial charge in [0, 0.05) is 17.2 Å². The summed E-state index contributed by atoms with van der Waals surface area (Å²) >= 11 is 0. The Balaban J connectivity index is 2.50. The summed E-state index contributed by atoms with van der Waals surface area (Å²) in [5.41, 5.74) is 2.98. The van der Waals surface area contributed by atoms with E-state index in [1.165, 1.54) is 0 Å². The number of hydrogen-bond donors (Lipinski definition) is 0. The first-order valence-corrected chi connectivity index (χ1v) is 4.58. The van der Waals surface area contributed by atoms with Crippen molar-refractivity contribution in [2.24, 2.45) is 0 Å². The number of pyridine rings is 1. The lowest BCUT2D eigenvalue weighted by molar-refractivity contribution is 0.112. The van der Waals surface area contributed by atoms with E-state index < -0.39 is 0 Å². The maximum Gasteiger partial charge on any atom is 0.151 e. The standard InChI is InChI=1S/C11H13NO/c1-8-5-9(7-13)10(12-6-8)11(2)3-4-11/h5-7H,3-4H2,1-2H3. The number of carbonyl (C=O) groups is 1.